The highest BCUT2D eigenvalue weighted by Gasteiger charge is 2.24. The fraction of sp³-hybridized carbons (Fsp3) is 0.741. The molecule has 35 heavy (non-hydrogen) atoms. The number of aryl methyl sites for hydroxylation is 2. The van der Waals surface area contributed by atoms with Gasteiger partial charge in [-0.25, -0.2) is 8.51 Å². The molecule has 1 unspecified atom stereocenters. The molecule has 0 bridgehead atoms. The second-order valence-electron chi connectivity index (χ2n) is 11.0. The van der Waals surface area contributed by atoms with Crippen molar-refractivity contribution in [2.24, 2.45) is 11.8 Å². The van der Waals surface area contributed by atoms with Crippen molar-refractivity contribution in [1.82, 2.24) is 14.5 Å². The summed E-state index contributed by atoms with van der Waals surface area (Å²) in [5, 5.41) is 3.62. The number of nitrogens with zero attached hydrogens (tertiary/aromatic N) is 2. The molecule has 0 spiro atoms. The maximum absolute atomic E-state index is 13.0. The van der Waals surface area contributed by atoms with Crippen LogP contribution in [-0.2, 0) is 20.5 Å². The quantitative estimate of drug-likeness (QED) is 0.432. The van der Waals surface area contributed by atoms with Crippen LogP contribution in [0.3, 0.4) is 0 Å². The van der Waals surface area contributed by atoms with E-state index in [0.717, 1.165) is 40.8 Å². The third-order valence-corrected chi connectivity index (χ3v) is 8.49. The minimum Gasteiger partial charge on any atom is -0.497 e. The van der Waals surface area contributed by atoms with Gasteiger partial charge in [0, 0.05) is 32.7 Å². The molecule has 1 aromatic carbocycles. The van der Waals surface area contributed by atoms with E-state index in [9.17, 15) is 9.00 Å². The summed E-state index contributed by atoms with van der Waals surface area (Å²) in [6.07, 6.45) is 4.80. The Morgan fingerprint density at radius 2 is 1.66 bits per heavy atom. The molecule has 0 saturated heterocycles. The Bertz CT molecular complexity index is 824. The maximum atomic E-state index is 13.0. The molecule has 0 radical (unpaired) electrons. The highest BCUT2D eigenvalue weighted by atomic mass is 32.2. The monoisotopic (exact) mass is 509 g/mol. The Morgan fingerprint density at radius 1 is 1.09 bits per heavy atom. The van der Waals surface area contributed by atoms with Crippen LogP contribution in [0.2, 0.25) is 0 Å². The van der Waals surface area contributed by atoms with Gasteiger partial charge in [0.05, 0.1) is 18.6 Å². The molecule has 0 aromatic heterocycles. The molecule has 1 fully saturated rings. The lowest BCUT2D eigenvalue weighted by Crippen LogP contribution is -2.41. The number of benzene rings is 1. The van der Waals surface area contributed by atoms with Gasteiger partial charge in [-0.1, -0.05) is 0 Å². The summed E-state index contributed by atoms with van der Waals surface area (Å²) in [5.74, 6) is 2.08. The molecule has 1 aliphatic carbocycles. The number of methoxy groups -OCH3 is 1. The van der Waals surface area contributed by atoms with E-state index in [2.05, 4.69) is 26.1 Å². The normalized spacial score (nSPS) is 19.6. The molecule has 0 aliphatic heterocycles. The van der Waals surface area contributed by atoms with E-state index in [-0.39, 0.29) is 18.1 Å². The second kappa shape index (κ2) is 13.7. The van der Waals surface area contributed by atoms with Gasteiger partial charge in [-0.3, -0.25) is 4.79 Å². The zero-order valence-electron chi connectivity index (χ0n) is 23.1. The lowest BCUT2D eigenvalue weighted by atomic mass is 9.81. The fourth-order valence-corrected chi connectivity index (χ4v) is 5.78. The van der Waals surface area contributed by atoms with Gasteiger partial charge in [-0.2, -0.15) is 0 Å². The Kier molecular flexibility index (Phi) is 11.7. The van der Waals surface area contributed by atoms with Crippen molar-refractivity contribution in [3.8, 4) is 5.75 Å². The highest BCUT2D eigenvalue weighted by Crippen LogP contribution is 2.29. The minimum atomic E-state index is -1.30. The Morgan fingerprint density at radius 3 is 2.20 bits per heavy atom. The van der Waals surface area contributed by atoms with Crippen LogP contribution < -0.4 is 10.1 Å². The molecule has 1 N–H and O–H groups in total. The number of hydrogen-bond donors (Lipinski definition) is 1. The summed E-state index contributed by atoms with van der Waals surface area (Å²) in [6.45, 7) is 13.3. The van der Waals surface area contributed by atoms with Crippen molar-refractivity contribution in [3.05, 3.63) is 23.3 Å². The van der Waals surface area contributed by atoms with Gasteiger partial charge >= 0.3 is 0 Å². The summed E-state index contributed by atoms with van der Waals surface area (Å²) in [7, 11) is 4.01. The molecule has 7 nitrogen and oxygen atoms in total. The summed E-state index contributed by atoms with van der Waals surface area (Å²) in [5.41, 5.74) is 2.04. The first kappa shape index (κ1) is 29.7. The zero-order chi connectivity index (χ0) is 26.2. The second-order valence-corrected chi connectivity index (χ2v) is 12.6. The minimum absolute atomic E-state index is 0.00661. The lowest BCUT2D eigenvalue weighted by molar-refractivity contribution is -0.135. The SMILES string of the molecule is COc1cc(C)c(S(=O)N(C)CCOCC(=O)N(C)CC2CCC(CNC(C)(C)C)CC2)c(C)c1. The standard InChI is InChI=1S/C27H47N3O4S/c1-20-15-24(33-8)16-21(2)26(20)35(32)30(7)13-14-34-19-25(31)29(6)18-23-11-9-22(10-12-23)17-28-27(3,4)5/h15-16,22-23,28H,9-14,17-19H2,1-8H3. The number of nitrogens with one attached hydrogen (secondary N) is 1. The molecule has 1 aliphatic rings. The molecular formula is C27H47N3O4S. The number of likely N-dealkylation sites (N-methyl/N-ethyl adjacent to an activating group) is 2. The van der Waals surface area contributed by atoms with Crippen LogP contribution >= 0.6 is 0 Å². The van der Waals surface area contributed by atoms with Gasteiger partial charge < -0.3 is 19.7 Å². The van der Waals surface area contributed by atoms with Crippen molar-refractivity contribution >= 4 is 16.9 Å². The van der Waals surface area contributed by atoms with Crippen molar-refractivity contribution in [3.63, 3.8) is 0 Å². The van der Waals surface area contributed by atoms with Gasteiger partial charge in [0.25, 0.3) is 0 Å². The van der Waals surface area contributed by atoms with E-state index in [1.807, 2.05) is 45.0 Å². The van der Waals surface area contributed by atoms with Gasteiger partial charge in [0.1, 0.15) is 23.3 Å². The Balaban J connectivity index is 1.68. The molecular weight excluding hydrogens is 462 g/mol. The number of rotatable bonds is 12. The van der Waals surface area contributed by atoms with Crippen LogP contribution in [0.1, 0.15) is 57.6 Å². The van der Waals surface area contributed by atoms with E-state index in [1.165, 1.54) is 25.7 Å². The Hall–Kier alpha value is -1.48. The summed E-state index contributed by atoms with van der Waals surface area (Å²) in [6, 6.07) is 3.79. The topological polar surface area (TPSA) is 71.1 Å². The average Bonchev–Trinajstić information content (AvgIpc) is 2.79. The number of carbonyl (C=O) groups is 1. The van der Waals surface area contributed by atoms with E-state index in [1.54, 1.807) is 11.4 Å². The van der Waals surface area contributed by atoms with Crippen molar-refractivity contribution < 1.29 is 18.5 Å². The van der Waals surface area contributed by atoms with Crippen molar-refractivity contribution in [2.45, 2.75) is 70.7 Å². The van der Waals surface area contributed by atoms with Gasteiger partial charge in [-0.15, -0.1) is 0 Å². The molecule has 1 atom stereocenters. The summed E-state index contributed by atoms with van der Waals surface area (Å²) in [4.78, 5) is 15.2. The molecule has 1 saturated carbocycles. The summed E-state index contributed by atoms with van der Waals surface area (Å²) < 4.78 is 25.7. The highest BCUT2D eigenvalue weighted by molar-refractivity contribution is 7.82. The number of carbonyl (C=O) groups excluding carboxylic acids is 1. The largest absolute Gasteiger partial charge is 0.497 e. The predicted molar refractivity (Wildman–Crippen MR) is 143 cm³/mol. The molecule has 2 rings (SSSR count). The van der Waals surface area contributed by atoms with E-state index >= 15 is 0 Å². The van der Waals surface area contributed by atoms with E-state index in [0.29, 0.717) is 19.1 Å². The fourth-order valence-electron chi connectivity index (χ4n) is 4.56. The van der Waals surface area contributed by atoms with Crippen molar-refractivity contribution in [1.29, 1.82) is 0 Å². The van der Waals surface area contributed by atoms with Crippen LogP contribution in [0.25, 0.3) is 0 Å². The average molecular weight is 510 g/mol. The number of ether oxygens (including phenoxy) is 2. The number of amides is 1. The van der Waals surface area contributed by atoms with E-state index in [4.69, 9.17) is 9.47 Å². The lowest BCUT2D eigenvalue weighted by Gasteiger charge is -2.33. The molecule has 1 amide bonds. The van der Waals surface area contributed by atoms with Crippen LogP contribution in [0.5, 0.6) is 5.75 Å². The smallest absolute Gasteiger partial charge is 0.248 e. The molecule has 0 heterocycles. The van der Waals surface area contributed by atoms with Gasteiger partial charge in [0.15, 0.2) is 0 Å². The van der Waals surface area contributed by atoms with Crippen LogP contribution in [0.15, 0.2) is 17.0 Å². The van der Waals surface area contributed by atoms with E-state index < -0.39 is 11.0 Å². The molecule has 200 valence electrons. The van der Waals surface area contributed by atoms with Gasteiger partial charge in [0.2, 0.25) is 5.91 Å². The van der Waals surface area contributed by atoms with Crippen LogP contribution in [-0.4, -0.2) is 78.9 Å². The maximum Gasteiger partial charge on any atom is 0.248 e. The predicted octanol–water partition coefficient (Wildman–Crippen LogP) is 3.94. The molecule has 1 aromatic rings. The first-order chi connectivity index (χ1) is 16.4. The zero-order valence-corrected chi connectivity index (χ0v) is 23.9. The Labute approximate surface area is 215 Å². The third-order valence-electron chi connectivity index (χ3n) is 6.75. The first-order valence-corrected chi connectivity index (χ1v) is 13.9. The first-order valence-electron chi connectivity index (χ1n) is 12.8. The number of hydrogen-bond acceptors (Lipinski definition) is 5. The molecule has 8 heteroatoms. The van der Waals surface area contributed by atoms with Gasteiger partial charge in [-0.05, 0) is 102 Å². The third kappa shape index (κ3) is 9.83. The van der Waals surface area contributed by atoms with Crippen molar-refractivity contribution in [2.75, 3.05) is 54.1 Å². The van der Waals surface area contributed by atoms with Crippen LogP contribution in [0.4, 0.5) is 0 Å². The van der Waals surface area contributed by atoms with Crippen LogP contribution in [0, 0.1) is 25.7 Å². The summed E-state index contributed by atoms with van der Waals surface area (Å²) >= 11 is 0.